The van der Waals surface area contributed by atoms with Crippen molar-refractivity contribution in [3.8, 4) is 0 Å². The summed E-state index contributed by atoms with van der Waals surface area (Å²) < 4.78 is 0. The Hall–Kier alpha value is 3.94. The molecule has 8 N–H and O–H groups in total. The van der Waals surface area contributed by atoms with Gasteiger partial charge in [-0.3, -0.25) is 0 Å². The Morgan fingerprint density at radius 1 is 0.333 bits per heavy atom. The van der Waals surface area contributed by atoms with E-state index >= 15 is 0 Å². The molecular weight excluding hydrogens is 401 g/mol. The van der Waals surface area contributed by atoms with Crippen LogP contribution in [0.5, 0.6) is 0 Å². The van der Waals surface area contributed by atoms with Crippen molar-refractivity contribution in [1.82, 2.24) is 0 Å². The smallest absolute Gasteiger partial charge is 0.870 e. The van der Waals surface area contributed by atoms with Gasteiger partial charge in [-0.1, -0.05) is 0 Å². The summed E-state index contributed by atoms with van der Waals surface area (Å²) >= 11 is 0. The maximum atomic E-state index is 0. The minimum Gasteiger partial charge on any atom is -0.870 e. The fourth-order valence-electron chi connectivity index (χ4n) is 0. The van der Waals surface area contributed by atoms with Gasteiger partial charge in [0.15, 0.2) is 0 Å². The Bertz CT molecular complexity index is 17.0. The van der Waals surface area contributed by atoms with Crippen LogP contribution >= 0.6 is 0 Å². The van der Waals surface area contributed by atoms with Crippen molar-refractivity contribution >= 4 is 86.6 Å². The zero-order valence-corrected chi connectivity index (χ0v) is 15.8. The van der Waals surface area contributed by atoms with Crippen LogP contribution in [0.1, 0.15) is 0 Å². The van der Waals surface area contributed by atoms with E-state index in [9.17, 15) is 0 Å². The first-order valence-corrected chi connectivity index (χ1v) is 0. The van der Waals surface area contributed by atoms with Crippen molar-refractivity contribution in [3.63, 3.8) is 0 Å². The second-order valence-electron chi connectivity index (χ2n) is 0. The molecule has 0 aromatic heterocycles. The van der Waals surface area contributed by atoms with Crippen LogP contribution in [0.15, 0.2) is 0 Å². The molecule has 0 aliphatic carbocycles. The van der Waals surface area contributed by atoms with Crippen LogP contribution in [-0.4, -0.2) is 130 Å². The van der Waals surface area contributed by atoms with Gasteiger partial charge in [0.25, 0.3) is 0 Å². The molecule has 0 fully saturated rings. The van der Waals surface area contributed by atoms with Gasteiger partial charge >= 0.3 is 86.6 Å². The number of rotatable bonds is 0. The summed E-state index contributed by atoms with van der Waals surface area (Å²) in [6, 6.07) is 0. The average molecular weight is 409 g/mol. The summed E-state index contributed by atoms with van der Waals surface area (Å²) in [5.74, 6) is 0. The van der Waals surface area contributed by atoms with Crippen molar-refractivity contribution in [2.24, 2.45) is 0 Å². The van der Waals surface area contributed by atoms with Crippen LogP contribution in [0, 0.1) is 0 Å². The molecule has 72 valence electrons. The molecule has 0 bridgehead atoms. The van der Waals surface area contributed by atoms with Crippen molar-refractivity contribution in [2.75, 3.05) is 0 Å². The summed E-state index contributed by atoms with van der Waals surface area (Å²) in [6.07, 6.45) is 0. The molecule has 0 saturated carbocycles. The summed E-state index contributed by atoms with van der Waals surface area (Å²) in [6.45, 7) is 0. The topological polar surface area (TPSA) is 240 Å². The molecule has 0 unspecified atom stereocenters. The molecule has 8 nitrogen and oxygen atoms in total. The predicted molar refractivity (Wildman–Crippen MR) is 27.0 cm³/mol. The van der Waals surface area contributed by atoms with E-state index in [2.05, 4.69) is 0 Å². The van der Waals surface area contributed by atoms with Gasteiger partial charge < -0.3 is 43.8 Å². The summed E-state index contributed by atoms with van der Waals surface area (Å²) in [5.41, 5.74) is 0. The standard InChI is InChI=1S/Ba.Ca.8H2O.2Ti/h;;8*1H2;;/q2*+2;;;;;;;;;;/p-8. The average Bonchev–Trinajstić information content (AvgIpc) is 0. The Balaban J connectivity index is 0. The molecule has 0 spiro atoms. The second kappa shape index (κ2) is 187. The van der Waals surface area contributed by atoms with Crippen LogP contribution in [0.4, 0.5) is 0 Å². The zero-order chi connectivity index (χ0) is 0. The third-order valence-electron chi connectivity index (χ3n) is 0. The van der Waals surface area contributed by atoms with E-state index in [1.165, 1.54) is 0 Å². The molecule has 0 saturated heterocycles. The van der Waals surface area contributed by atoms with Gasteiger partial charge in [0.2, 0.25) is 0 Å². The molecule has 0 radical (unpaired) electrons. The Labute approximate surface area is 170 Å². The monoisotopic (exact) mass is 410 g/mol. The van der Waals surface area contributed by atoms with Gasteiger partial charge in [-0.05, 0) is 0 Å². The first kappa shape index (κ1) is 229. The molecule has 0 heterocycles. The molecule has 0 rings (SSSR count). The Morgan fingerprint density at radius 2 is 0.333 bits per heavy atom. The summed E-state index contributed by atoms with van der Waals surface area (Å²) in [7, 11) is 0. The molecule has 12 heavy (non-hydrogen) atoms. The largest absolute Gasteiger partial charge is 2.00 e. The van der Waals surface area contributed by atoms with Crippen molar-refractivity contribution in [1.29, 1.82) is 0 Å². The van der Waals surface area contributed by atoms with Gasteiger partial charge in [0.05, 0.1) is 0 Å². The minimum atomic E-state index is 0. The predicted octanol–water partition coefficient (Wildman–Crippen LogP) is -2.18. The van der Waals surface area contributed by atoms with E-state index < -0.39 is 0 Å². The second-order valence-corrected chi connectivity index (χ2v) is 0. The van der Waals surface area contributed by atoms with E-state index in [1.54, 1.807) is 0 Å². The van der Waals surface area contributed by atoms with Crippen LogP contribution in [-0.2, 0) is 43.4 Å². The van der Waals surface area contributed by atoms with Gasteiger partial charge in [-0.25, -0.2) is 0 Å². The first-order valence-electron chi connectivity index (χ1n) is 0. The fraction of sp³-hybridized carbons (Fsp3) is 0. The maximum Gasteiger partial charge on any atom is 2.00 e. The molecule has 0 aromatic rings. The number of hydrogen-bond donors (Lipinski definition) is 0. The van der Waals surface area contributed by atoms with E-state index in [-0.39, 0.29) is 174 Å². The van der Waals surface area contributed by atoms with Crippen molar-refractivity contribution < 1.29 is 87.2 Å². The molecular formula is H8BaCaO8Ti2-4. The Kier molecular flexibility index (Phi) is 3570. The van der Waals surface area contributed by atoms with Gasteiger partial charge in [0, 0.05) is 43.4 Å². The zero-order valence-electron chi connectivity index (χ0n) is 5.99. The molecule has 0 atom stereocenters. The van der Waals surface area contributed by atoms with Gasteiger partial charge in [-0.15, -0.1) is 0 Å². The molecule has 0 aromatic carbocycles. The van der Waals surface area contributed by atoms with Crippen LogP contribution in [0.3, 0.4) is 0 Å². The van der Waals surface area contributed by atoms with Crippen LogP contribution in [0.2, 0.25) is 0 Å². The quantitative estimate of drug-likeness (QED) is 0.397. The maximum absolute atomic E-state index is 0. The van der Waals surface area contributed by atoms with E-state index in [1.807, 2.05) is 0 Å². The number of hydrogen-bond acceptors (Lipinski definition) is 8. The van der Waals surface area contributed by atoms with Crippen LogP contribution < -0.4 is 0 Å². The van der Waals surface area contributed by atoms with Gasteiger partial charge in [-0.2, -0.15) is 0 Å². The SMILES string of the molecule is [Ba+2].[Ca+2].[OH-].[OH-].[OH-].[OH-].[OH-].[OH-].[OH-].[OH-].[Ti].[Ti]. The molecule has 0 aliphatic heterocycles. The van der Waals surface area contributed by atoms with Gasteiger partial charge in [0.1, 0.15) is 0 Å². The van der Waals surface area contributed by atoms with Crippen LogP contribution in [0.25, 0.3) is 0 Å². The Morgan fingerprint density at radius 3 is 0.333 bits per heavy atom. The van der Waals surface area contributed by atoms with E-state index in [0.29, 0.717) is 0 Å². The van der Waals surface area contributed by atoms with Crippen molar-refractivity contribution in [2.45, 2.75) is 0 Å². The normalized spacial score (nSPS) is 0. The van der Waals surface area contributed by atoms with Crippen molar-refractivity contribution in [3.05, 3.63) is 0 Å². The first-order chi connectivity index (χ1) is 0. The molecule has 12 heteroatoms. The summed E-state index contributed by atoms with van der Waals surface area (Å²) in [5, 5.41) is 0. The fourth-order valence-corrected chi connectivity index (χ4v) is 0. The molecule has 0 amide bonds. The minimum absolute atomic E-state index is 0. The van der Waals surface area contributed by atoms with E-state index in [0.717, 1.165) is 0 Å². The summed E-state index contributed by atoms with van der Waals surface area (Å²) in [4.78, 5) is 0. The third-order valence-corrected chi connectivity index (χ3v) is 0. The molecule has 0 aliphatic rings. The third kappa shape index (κ3) is 150. The van der Waals surface area contributed by atoms with E-state index in [4.69, 9.17) is 0 Å².